The molecule has 0 atom stereocenters. The number of carbonyl (C=O) groups is 1. The van der Waals surface area contributed by atoms with Crippen LogP contribution >= 0.6 is 11.3 Å². The van der Waals surface area contributed by atoms with E-state index in [0.29, 0.717) is 18.2 Å². The van der Waals surface area contributed by atoms with Crippen LogP contribution in [0.2, 0.25) is 0 Å². The van der Waals surface area contributed by atoms with Gasteiger partial charge in [0.05, 0.1) is 11.0 Å². The Bertz CT molecular complexity index is 355. The Morgan fingerprint density at radius 3 is 2.69 bits per heavy atom. The first-order chi connectivity index (χ1) is 7.00. The van der Waals surface area contributed by atoms with Crippen molar-refractivity contribution in [2.24, 2.45) is 0 Å². The monoisotopic (exact) mass is 236 g/mol. The predicted molar refractivity (Wildman–Crippen MR) is 55.2 cm³/mol. The van der Waals surface area contributed by atoms with Gasteiger partial charge < -0.3 is 19.5 Å². The fourth-order valence-electron chi connectivity index (χ4n) is 0.960. The van der Waals surface area contributed by atoms with Gasteiger partial charge in [0.15, 0.2) is 0 Å². The van der Waals surface area contributed by atoms with E-state index in [9.17, 15) is 9.90 Å². The van der Waals surface area contributed by atoms with Gasteiger partial charge in [0.1, 0.15) is 11.5 Å². The molecule has 0 aromatic carbocycles. The van der Waals surface area contributed by atoms with Crippen molar-refractivity contribution >= 4 is 17.3 Å². The van der Waals surface area contributed by atoms with Crippen LogP contribution in [0.5, 0.6) is 5.88 Å². The first kappa shape index (κ1) is 15.5. The van der Waals surface area contributed by atoms with Crippen molar-refractivity contribution in [3.05, 3.63) is 9.88 Å². The first-order valence-electron chi connectivity index (χ1n) is 4.47. The Hall–Kier alpha value is -0.543. The first-order valence-corrected chi connectivity index (χ1v) is 5.28. The second-order valence-electron chi connectivity index (χ2n) is 3.31. The summed E-state index contributed by atoms with van der Waals surface area (Å²) in [5.74, 6) is -1.07. The van der Waals surface area contributed by atoms with Crippen LogP contribution in [-0.4, -0.2) is 43.1 Å². The van der Waals surface area contributed by atoms with Crippen molar-refractivity contribution in [3.63, 3.8) is 0 Å². The number of carboxylic acids is 1. The number of rotatable bonds is 5. The molecule has 0 fully saturated rings. The quantitative estimate of drug-likeness (QED) is 0.503. The van der Waals surface area contributed by atoms with Gasteiger partial charge in [-0.3, -0.25) is 0 Å². The number of aromatic nitrogens is 1. The predicted octanol–water partition coefficient (Wildman–Crippen LogP) is -3.24. The van der Waals surface area contributed by atoms with Crippen LogP contribution in [0, 0.1) is 6.92 Å². The van der Waals surface area contributed by atoms with Crippen LogP contribution in [0.25, 0.3) is 0 Å². The number of ether oxygens (including phenoxy) is 1. The molecule has 0 amide bonds. The van der Waals surface area contributed by atoms with E-state index in [2.05, 4.69) is 4.98 Å². The second-order valence-corrected chi connectivity index (χ2v) is 4.51. The molecular weight excluding hydrogens is 223 g/mol. The molecule has 16 heavy (non-hydrogen) atoms. The fourth-order valence-corrected chi connectivity index (χ4v) is 1.66. The third-order valence-electron chi connectivity index (χ3n) is 1.67. The van der Waals surface area contributed by atoms with Crippen LogP contribution in [0.3, 0.4) is 0 Å². The molecule has 7 heteroatoms. The molecule has 0 N–H and O–H groups in total. The van der Waals surface area contributed by atoms with Gasteiger partial charge in [-0.15, -0.1) is 11.3 Å². The summed E-state index contributed by atoms with van der Waals surface area (Å²) in [5.41, 5.74) is 0. The summed E-state index contributed by atoms with van der Waals surface area (Å²) in [7, 11) is 3.82. The molecule has 1 aromatic rings. The Labute approximate surface area is 111 Å². The van der Waals surface area contributed by atoms with E-state index >= 15 is 0 Å². The minimum atomic E-state index is -1.24. The van der Waals surface area contributed by atoms with Crippen LogP contribution in [0.1, 0.15) is 14.7 Å². The van der Waals surface area contributed by atoms with E-state index in [0.717, 1.165) is 11.3 Å². The van der Waals surface area contributed by atoms with Crippen molar-refractivity contribution < 1.29 is 33.5 Å². The molecule has 84 valence electrons. The van der Waals surface area contributed by atoms with Crippen molar-refractivity contribution in [2.75, 3.05) is 27.2 Å². The summed E-state index contributed by atoms with van der Waals surface area (Å²) in [4.78, 5) is 16.7. The minimum Gasteiger partial charge on any atom is -0.544 e. The van der Waals surface area contributed by atoms with Crippen molar-refractivity contribution in [1.82, 2.24) is 9.88 Å². The number of carboxylic acid groups (broad SMARTS) is 1. The van der Waals surface area contributed by atoms with Crippen LogP contribution < -0.4 is 28.7 Å². The number of aryl methyl sites for hydroxylation is 1. The van der Waals surface area contributed by atoms with Crippen LogP contribution in [-0.2, 0) is 0 Å². The average Bonchev–Trinajstić information content (AvgIpc) is 2.46. The number of hydrogen-bond acceptors (Lipinski definition) is 6. The van der Waals surface area contributed by atoms with Crippen molar-refractivity contribution in [2.45, 2.75) is 6.92 Å². The van der Waals surface area contributed by atoms with E-state index in [1.54, 1.807) is 6.92 Å². The normalized spacial score (nSPS) is 10.0. The Balaban J connectivity index is 0.00000225. The number of aromatic carboxylic acids is 1. The largest absolute Gasteiger partial charge is 1.00 e. The third kappa shape index (κ3) is 4.54. The van der Waals surface area contributed by atoms with Gasteiger partial charge in [0, 0.05) is 6.54 Å². The number of likely N-dealkylation sites (N-methyl/N-ethyl adjacent to an activating group) is 1. The molecule has 0 bridgehead atoms. The maximum absolute atomic E-state index is 10.7. The molecule has 0 saturated carbocycles. The number of carbonyl (C=O) groups excluding carboxylic acids is 1. The number of thiazole rings is 1. The molecule has 1 rings (SSSR count). The van der Waals surface area contributed by atoms with Gasteiger partial charge in [-0.1, -0.05) is 0 Å². The van der Waals surface area contributed by atoms with E-state index in [1.165, 1.54) is 0 Å². The van der Waals surface area contributed by atoms with Gasteiger partial charge in [0.2, 0.25) is 5.88 Å². The fraction of sp³-hybridized carbons (Fsp3) is 0.556. The molecule has 0 unspecified atom stereocenters. The maximum Gasteiger partial charge on any atom is 1.00 e. The Kier molecular flexibility index (Phi) is 6.68. The summed E-state index contributed by atoms with van der Waals surface area (Å²) < 4.78 is 5.27. The average molecular weight is 236 g/mol. The zero-order valence-corrected chi connectivity index (χ0v) is 10.8. The molecule has 0 aliphatic carbocycles. The molecule has 1 aromatic heterocycles. The number of hydrogen-bond donors (Lipinski definition) is 0. The molecular formula is C9H13LiN2O3S. The molecule has 5 nitrogen and oxygen atoms in total. The summed E-state index contributed by atoms with van der Waals surface area (Å²) in [6, 6.07) is 0. The van der Waals surface area contributed by atoms with E-state index in [1.807, 2.05) is 19.0 Å². The van der Waals surface area contributed by atoms with Crippen LogP contribution in [0.4, 0.5) is 0 Å². The van der Waals surface area contributed by atoms with Gasteiger partial charge in [-0.25, -0.2) is 4.98 Å². The number of nitrogens with zero attached hydrogens (tertiary/aromatic N) is 2. The molecule has 0 spiro atoms. The zero-order chi connectivity index (χ0) is 11.4. The van der Waals surface area contributed by atoms with E-state index in [4.69, 9.17) is 4.74 Å². The molecule has 0 saturated heterocycles. The molecule has 0 aliphatic heterocycles. The zero-order valence-electron chi connectivity index (χ0n) is 9.94. The summed E-state index contributed by atoms with van der Waals surface area (Å²) in [6.07, 6.45) is 0. The van der Waals surface area contributed by atoms with Gasteiger partial charge in [0.25, 0.3) is 0 Å². The summed E-state index contributed by atoms with van der Waals surface area (Å²) in [5, 5.41) is 11.4. The Morgan fingerprint density at radius 1 is 1.56 bits per heavy atom. The van der Waals surface area contributed by atoms with Gasteiger partial charge >= 0.3 is 18.9 Å². The molecule has 1 heterocycles. The third-order valence-corrected chi connectivity index (χ3v) is 2.60. The maximum atomic E-state index is 10.7. The topological polar surface area (TPSA) is 65.5 Å². The van der Waals surface area contributed by atoms with Crippen molar-refractivity contribution in [1.29, 1.82) is 0 Å². The molecule has 0 radical (unpaired) electrons. The second kappa shape index (κ2) is 6.92. The van der Waals surface area contributed by atoms with Crippen LogP contribution in [0.15, 0.2) is 0 Å². The van der Waals surface area contributed by atoms with Gasteiger partial charge in [-0.05, 0) is 21.0 Å². The van der Waals surface area contributed by atoms with Crippen molar-refractivity contribution in [3.8, 4) is 5.88 Å². The standard InChI is InChI=1S/C9H14N2O3S.Li/c1-6-10-8(7(15-6)9(12)13)14-5-4-11(2)3;/h4-5H2,1-3H3,(H,12,13);/q;+1/p-1. The van der Waals surface area contributed by atoms with Gasteiger partial charge in [-0.2, -0.15) is 0 Å². The van der Waals surface area contributed by atoms with E-state index in [-0.39, 0.29) is 29.6 Å². The SMILES string of the molecule is Cc1nc(OCCN(C)C)c(C(=O)[O-])s1.[Li+]. The summed E-state index contributed by atoms with van der Waals surface area (Å²) >= 11 is 1.07. The minimum absolute atomic E-state index is 0. The molecule has 0 aliphatic rings. The van der Waals surface area contributed by atoms with E-state index < -0.39 is 5.97 Å². The summed E-state index contributed by atoms with van der Waals surface area (Å²) in [6.45, 7) is 2.86. The smallest absolute Gasteiger partial charge is 0.544 e. The Morgan fingerprint density at radius 2 is 2.19 bits per heavy atom.